The Labute approximate surface area is 175 Å². The molecule has 0 aliphatic carbocycles. The van der Waals surface area contributed by atoms with Crippen LogP contribution >= 0.6 is 11.6 Å². The standard InChI is InChI=1S/C21H26ClN5O2/c1-14-11-15(2)24-21(23-14)27-12-18(19(28)13-27)25-7-9-26(10-8-25)20(29)16-3-5-17(22)6-4-16/h3-6,11,18-19,28H,7-10,12-13H2,1-2H3/t18-,19-/m1/s1. The summed E-state index contributed by atoms with van der Waals surface area (Å²) in [7, 11) is 0. The SMILES string of the molecule is Cc1cc(C)nc(N2C[C@@H](O)[C@H](N3CCN(C(=O)c4ccc(Cl)cc4)CC3)C2)n1. The molecule has 2 aliphatic heterocycles. The van der Waals surface area contributed by atoms with Gasteiger partial charge in [0.05, 0.1) is 12.1 Å². The van der Waals surface area contributed by atoms with E-state index in [0.717, 1.165) is 24.5 Å². The van der Waals surface area contributed by atoms with Crippen LogP contribution in [0.25, 0.3) is 0 Å². The Morgan fingerprint density at radius 3 is 2.28 bits per heavy atom. The first kappa shape index (κ1) is 20.1. The number of aryl methyl sites for hydroxylation is 2. The largest absolute Gasteiger partial charge is 0.390 e. The summed E-state index contributed by atoms with van der Waals surface area (Å²) < 4.78 is 0. The molecule has 2 aromatic rings. The van der Waals surface area contributed by atoms with Crippen molar-refractivity contribution in [1.82, 2.24) is 19.8 Å². The minimum absolute atomic E-state index is 0.0206. The van der Waals surface area contributed by atoms with Crippen molar-refractivity contribution in [1.29, 1.82) is 0 Å². The summed E-state index contributed by atoms with van der Waals surface area (Å²) in [6.07, 6.45) is -0.460. The Hall–Kier alpha value is -2.22. The van der Waals surface area contributed by atoms with Crippen molar-refractivity contribution in [3.8, 4) is 0 Å². The molecule has 4 rings (SSSR count). The molecule has 1 aromatic carbocycles. The first-order valence-electron chi connectivity index (χ1n) is 9.95. The fourth-order valence-corrected chi connectivity index (χ4v) is 4.30. The van der Waals surface area contributed by atoms with Gasteiger partial charge < -0.3 is 14.9 Å². The molecule has 3 heterocycles. The van der Waals surface area contributed by atoms with Crippen molar-refractivity contribution in [3.63, 3.8) is 0 Å². The molecule has 0 bridgehead atoms. The zero-order chi connectivity index (χ0) is 20.5. The van der Waals surface area contributed by atoms with Crippen LogP contribution in [0.1, 0.15) is 21.7 Å². The average molecular weight is 416 g/mol. The second kappa shape index (κ2) is 8.26. The van der Waals surface area contributed by atoms with Gasteiger partial charge in [0.1, 0.15) is 0 Å². The third-order valence-corrected chi connectivity index (χ3v) is 5.93. The maximum atomic E-state index is 12.7. The predicted molar refractivity (Wildman–Crippen MR) is 112 cm³/mol. The highest BCUT2D eigenvalue weighted by Gasteiger charge is 2.38. The number of amides is 1. The molecular weight excluding hydrogens is 390 g/mol. The van der Waals surface area contributed by atoms with Crippen LogP contribution in [-0.4, -0.2) is 82.2 Å². The van der Waals surface area contributed by atoms with Crippen molar-refractivity contribution >= 4 is 23.5 Å². The van der Waals surface area contributed by atoms with Gasteiger partial charge in [-0.05, 0) is 44.2 Å². The van der Waals surface area contributed by atoms with E-state index in [1.54, 1.807) is 24.3 Å². The molecule has 1 aromatic heterocycles. The molecule has 2 aliphatic rings. The Kier molecular flexibility index (Phi) is 5.72. The molecule has 0 radical (unpaired) electrons. The van der Waals surface area contributed by atoms with Crippen molar-refractivity contribution in [3.05, 3.63) is 52.3 Å². The van der Waals surface area contributed by atoms with Gasteiger partial charge in [0.15, 0.2) is 0 Å². The number of anilines is 1. The lowest BCUT2D eigenvalue weighted by Crippen LogP contribution is -2.54. The molecule has 2 atom stereocenters. The van der Waals surface area contributed by atoms with Gasteiger partial charge >= 0.3 is 0 Å². The first-order chi connectivity index (χ1) is 13.9. The van der Waals surface area contributed by atoms with Gasteiger partial charge in [0.25, 0.3) is 5.91 Å². The summed E-state index contributed by atoms with van der Waals surface area (Å²) in [4.78, 5) is 28.0. The normalized spacial score (nSPS) is 22.9. The lowest BCUT2D eigenvalue weighted by molar-refractivity contribution is 0.0376. The summed E-state index contributed by atoms with van der Waals surface area (Å²) in [6.45, 7) is 7.89. The van der Waals surface area contributed by atoms with Crippen molar-refractivity contribution in [2.75, 3.05) is 44.2 Å². The van der Waals surface area contributed by atoms with Gasteiger partial charge in [0.2, 0.25) is 5.95 Å². The highest BCUT2D eigenvalue weighted by molar-refractivity contribution is 6.30. The molecule has 0 unspecified atom stereocenters. The summed E-state index contributed by atoms with van der Waals surface area (Å²) in [6, 6.07) is 8.98. The number of nitrogens with zero attached hydrogens (tertiary/aromatic N) is 5. The third-order valence-electron chi connectivity index (χ3n) is 5.67. The van der Waals surface area contributed by atoms with Gasteiger partial charge in [0, 0.05) is 61.2 Å². The van der Waals surface area contributed by atoms with E-state index in [0.29, 0.717) is 42.7 Å². The van der Waals surface area contributed by atoms with Gasteiger partial charge in [-0.3, -0.25) is 9.69 Å². The minimum Gasteiger partial charge on any atom is -0.390 e. The van der Waals surface area contributed by atoms with E-state index in [1.165, 1.54) is 0 Å². The van der Waals surface area contributed by atoms with Crippen molar-refractivity contribution in [2.45, 2.75) is 26.0 Å². The van der Waals surface area contributed by atoms with Crippen LogP contribution in [-0.2, 0) is 0 Å². The third kappa shape index (κ3) is 4.37. The number of aromatic nitrogens is 2. The van der Waals surface area contributed by atoms with E-state index >= 15 is 0 Å². The number of rotatable bonds is 3. The zero-order valence-corrected chi connectivity index (χ0v) is 17.5. The average Bonchev–Trinajstić information content (AvgIpc) is 3.09. The molecule has 29 heavy (non-hydrogen) atoms. The summed E-state index contributed by atoms with van der Waals surface area (Å²) in [5, 5.41) is 11.3. The molecular formula is C21H26ClN5O2. The Balaban J connectivity index is 1.37. The lowest BCUT2D eigenvalue weighted by Gasteiger charge is -2.38. The quantitative estimate of drug-likeness (QED) is 0.823. The van der Waals surface area contributed by atoms with E-state index < -0.39 is 6.10 Å². The summed E-state index contributed by atoms with van der Waals surface area (Å²) in [5.41, 5.74) is 2.52. The number of halogens is 1. The number of piperazine rings is 1. The Morgan fingerprint density at radius 1 is 1.03 bits per heavy atom. The van der Waals surface area contributed by atoms with E-state index in [9.17, 15) is 9.90 Å². The van der Waals surface area contributed by atoms with Crippen LogP contribution in [0.5, 0.6) is 0 Å². The van der Waals surface area contributed by atoms with Crippen LogP contribution < -0.4 is 4.90 Å². The maximum Gasteiger partial charge on any atom is 0.253 e. The number of hydrogen-bond acceptors (Lipinski definition) is 6. The topological polar surface area (TPSA) is 72.8 Å². The number of carbonyl (C=O) groups is 1. The fraction of sp³-hybridized carbons (Fsp3) is 0.476. The van der Waals surface area contributed by atoms with Gasteiger partial charge in [-0.25, -0.2) is 9.97 Å². The molecule has 8 heteroatoms. The van der Waals surface area contributed by atoms with Crippen LogP contribution in [0.15, 0.2) is 30.3 Å². The highest BCUT2D eigenvalue weighted by Crippen LogP contribution is 2.23. The number of aliphatic hydroxyl groups is 1. The number of carbonyl (C=O) groups excluding carboxylic acids is 1. The Bertz CT molecular complexity index is 863. The van der Waals surface area contributed by atoms with Crippen LogP contribution in [0.3, 0.4) is 0 Å². The molecule has 0 spiro atoms. The number of hydrogen-bond donors (Lipinski definition) is 1. The summed E-state index contributed by atoms with van der Waals surface area (Å²) >= 11 is 5.91. The predicted octanol–water partition coefficient (Wildman–Crippen LogP) is 1.75. The fourth-order valence-electron chi connectivity index (χ4n) is 4.17. The van der Waals surface area contributed by atoms with Gasteiger partial charge in [-0.1, -0.05) is 11.6 Å². The maximum absolute atomic E-state index is 12.7. The second-order valence-electron chi connectivity index (χ2n) is 7.83. The molecule has 2 fully saturated rings. The van der Waals surface area contributed by atoms with Crippen LogP contribution in [0, 0.1) is 13.8 Å². The number of aliphatic hydroxyl groups excluding tert-OH is 1. The second-order valence-corrected chi connectivity index (χ2v) is 8.26. The highest BCUT2D eigenvalue weighted by atomic mass is 35.5. The molecule has 7 nitrogen and oxygen atoms in total. The van der Waals surface area contributed by atoms with E-state index in [4.69, 9.17) is 11.6 Å². The smallest absolute Gasteiger partial charge is 0.253 e. The van der Waals surface area contributed by atoms with E-state index in [1.807, 2.05) is 24.8 Å². The molecule has 1 amide bonds. The molecule has 0 saturated carbocycles. The number of benzene rings is 1. The van der Waals surface area contributed by atoms with Crippen molar-refractivity contribution < 1.29 is 9.90 Å². The van der Waals surface area contributed by atoms with Crippen molar-refractivity contribution in [2.24, 2.45) is 0 Å². The van der Waals surface area contributed by atoms with Gasteiger partial charge in [-0.15, -0.1) is 0 Å². The minimum atomic E-state index is -0.460. The van der Waals surface area contributed by atoms with Crippen LogP contribution in [0.4, 0.5) is 5.95 Å². The molecule has 154 valence electrons. The monoisotopic (exact) mass is 415 g/mol. The van der Waals surface area contributed by atoms with Gasteiger partial charge in [-0.2, -0.15) is 0 Å². The van der Waals surface area contributed by atoms with E-state index in [-0.39, 0.29) is 11.9 Å². The number of β-amino-alcohol motifs (C(OH)–C–C–N with tert-alkyl or cyclic N) is 1. The first-order valence-corrected chi connectivity index (χ1v) is 10.3. The van der Waals surface area contributed by atoms with Crippen LogP contribution in [0.2, 0.25) is 5.02 Å². The zero-order valence-electron chi connectivity index (χ0n) is 16.8. The molecule has 2 saturated heterocycles. The lowest BCUT2D eigenvalue weighted by atomic mass is 10.1. The molecule has 1 N–H and O–H groups in total. The Morgan fingerprint density at radius 2 is 1.66 bits per heavy atom. The summed E-state index contributed by atoms with van der Waals surface area (Å²) in [5.74, 6) is 0.708. The van der Waals surface area contributed by atoms with E-state index in [2.05, 4.69) is 19.8 Å².